The molecule has 2 aromatic heterocycles. The monoisotopic (exact) mass is 275 g/mol. The summed E-state index contributed by atoms with van der Waals surface area (Å²) in [6.45, 7) is 11.6. The van der Waals surface area contributed by atoms with Gasteiger partial charge in [-0.1, -0.05) is 20.8 Å². The third kappa shape index (κ3) is 3.13. The highest BCUT2D eigenvalue weighted by Crippen LogP contribution is 2.29. The molecule has 0 fully saturated rings. The number of thiazole rings is 1. The van der Waals surface area contributed by atoms with Gasteiger partial charge in [-0.15, -0.1) is 11.3 Å². The van der Waals surface area contributed by atoms with Gasteiger partial charge < -0.3 is 5.32 Å². The van der Waals surface area contributed by atoms with Crippen LogP contribution >= 0.6 is 11.3 Å². The Morgan fingerprint density at radius 1 is 1.21 bits per heavy atom. The second-order valence-corrected chi connectivity index (χ2v) is 6.51. The first-order valence-electron chi connectivity index (χ1n) is 6.59. The van der Waals surface area contributed by atoms with E-state index in [1.165, 1.54) is 0 Å². The van der Waals surface area contributed by atoms with Gasteiger partial charge in [0.1, 0.15) is 0 Å². The fraction of sp³-hybridized carbons (Fsp3) is 0.467. The molecule has 0 amide bonds. The van der Waals surface area contributed by atoms with Crippen molar-refractivity contribution in [2.24, 2.45) is 0 Å². The van der Waals surface area contributed by atoms with Gasteiger partial charge in [0, 0.05) is 34.3 Å². The predicted octanol–water partition coefficient (Wildman–Crippen LogP) is 4.24. The molecule has 0 aromatic carbocycles. The van der Waals surface area contributed by atoms with Gasteiger partial charge in [-0.2, -0.15) is 0 Å². The summed E-state index contributed by atoms with van der Waals surface area (Å²) in [5, 5.41) is 6.29. The zero-order chi connectivity index (χ0) is 14.0. The van der Waals surface area contributed by atoms with E-state index in [9.17, 15) is 0 Å². The number of anilines is 1. The smallest absolute Gasteiger partial charge is 0.183 e. The normalized spacial score (nSPS) is 11.6. The van der Waals surface area contributed by atoms with Crippen molar-refractivity contribution >= 4 is 16.5 Å². The molecule has 0 aliphatic heterocycles. The van der Waals surface area contributed by atoms with E-state index >= 15 is 0 Å². The Morgan fingerprint density at radius 2 is 1.95 bits per heavy atom. The Balaban J connectivity index is 2.35. The minimum atomic E-state index is 0.0836. The maximum Gasteiger partial charge on any atom is 0.183 e. The van der Waals surface area contributed by atoms with Crippen LogP contribution in [0.5, 0.6) is 0 Å². The van der Waals surface area contributed by atoms with Gasteiger partial charge in [0.25, 0.3) is 0 Å². The molecule has 2 heterocycles. The third-order valence-corrected chi connectivity index (χ3v) is 3.76. The first-order chi connectivity index (χ1) is 8.91. The summed E-state index contributed by atoms with van der Waals surface area (Å²) in [5.41, 5.74) is 4.37. The highest BCUT2D eigenvalue weighted by Gasteiger charge is 2.17. The molecule has 0 aliphatic rings. The Hall–Kier alpha value is -1.42. The Bertz CT molecular complexity index is 567. The predicted molar refractivity (Wildman–Crippen MR) is 82.9 cm³/mol. The molecule has 0 spiro atoms. The summed E-state index contributed by atoms with van der Waals surface area (Å²) in [5.74, 6) is 0. The van der Waals surface area contributed by atoms with E-state index in [1.807, 2.05) is 0 Å². The molecule has 0 saturated carbocycles. The van der Waals surface area contributed by atoms with Crippen LogP contribution in [0.15, 0.2) is 17.5 Å². The number of rotatable bonds is 3. The maximum atomic E-state index is 4.72. The fourth-order valence-electron chi connectivity index (χ4n) is 1.88. The van der Waals surface area contributed by atoms with Crippen LogP contribution < -0.4 is 5.32 Å². The summed E-state index contributed by atoms with van der Waals surface area (Å²) in [4.78, 5) is 9.31. The number of nitrogens with zero attached hydrogens (tertiary/aromatic N) is 2. The average molecular weight is 275 g/mol. The van der Waals surface area contributed by atoms with Crippen LogP contribution in [-0.4, -0.2) is 16.5 Å². The minimum Gasteiger partial charge on any atom is -0.362 e. The van der Waals surface area contributed by atoms with Crippen LogP contribution in [0.4, 0.5) is 5.13 Å². The van der Waals surface area contributed by atoms with E-state index in [0.29, 0.717) is 0 Å². The molecule has 1 N–H and O–H groups in total. The second-order valence-electron chi connectivity index (χ2n) is 5.65. The van der Waals surface area contributed by atoms with Gasteiger partial charge in [0.15, 0.2) is 5.13 Å². The quantitative estimate of drug-likeness (QED) is 0.910. The number of hydrogen-bond donors (Lipinski definition) is 1. The molecule has 0 saturated heterocycles. The maximum absolute atomic E-state index is 4.72. The molecule has 2 aromatic rings. The van der Waals surface area contributed by atoms with Crippen LogP contribution in [0.25, 0.3) is 11.3 Å². The van der Waals surface area contributed by atoms with Crippen LogP contribution in [0, 0.1) is 6.92 Å². The number of nitrogens with one attached hydrogen (secondary N) is 1. The topological polar surface area (TPSA) is 37.8 Å². The van der Waals surface area contributed by atoms with Gasteiger partial charge in [-0.3, -0.25) is 4.98 Å². The van der Waals surface area contributed by atoms with Crippen molar-refractivity contribution < 1.29 is 0 Å². The molecule has 19 heavy (non-hydrogen) atoms. The second kappa shape index (κ2) is 5.29. The zero-order valence-corrected chi connectivity index (χ0v) is 13.1. The van der Waals surface area contributed by atoms with Crippen LogP contribution in [-0.2, 0) is 5.41 Å². The van der Waals surface area contributed by atoms with Gasteiger partial charge in [-0.05, 0) is 26.0 Å². The highest BCUT2D eigenvalue weighted by molar-refractivity contribution is 7.14. The van der Waals surface area contributed by atoms with Crippen molar-refractivity contribution in [3.63, 3.8) is 0 Å². The van der Waals surface area contributed by atoms with Crippen molar-refractivity contribution in [2.75, 3.05) is 11.9 Å². The van der Waals surface area contributed by atoms with E-state index < -0.39 is 0 Å². The first kappa shape index (κ1) is 14.0. The molecule has 102 valence electrons. The summed E-state index contributed by atoms with van der Waals surface area (Å²) < 4.78 is 0. The van der Waals surface area contributed by atoms with E-state index in [1.54, 1.807) is 11.3 Å². The molecule has 0 radical (unpaired) electrons. The van der Waals surface area contributed by atoms with Gasteiger partial charge >= 0.3 is 0 Å². The zero-order valence-electron chi connectivity index (χ0n) is 12.2. The first-order valence-corrected chi connectivity index (χ1v) is 7.47. The van der Waals surface area contributed by atoms with Crippen molar-refractivity contribution in [3.8, 4) is 11.3 Å². The van der Waals surface area contributed by atoms with Crippen molar-refractivity contribution in [1.82, 2.24) is 9.97 Å². The highest BCUT2D eigenvalue weighted by atomic mass is 32.1. The Kier molecular flexibility index (Phi) is 3.90. The van der Waals surface area contributed by atoms with Crippen molar-refractivity contribution in [3.05, 3.63) is 28.9 Å². The van der Waals surface area contributed by atoms with E-state index in [2.05, 4.69) is 62.4 Å². The van der Waals surface area contributed by atoms with E-state index in [0.717, 1.165) is 34.3 Å². The SMILES string of the molecule is CCNc1nc(-c2ccc(C(C)(C)C)nc2C)cs1. The molecule has 0 bridgehead atoms. The van der Waals surface area contributed by atoms with Crippen molar-refractivity contribution in [1.29, 1.82) is 0 Å². The summed E-state index contributed by atoms with van der Waals surface area (Å²) in [6.07, 6.45) is 0. The van der Waals surface area contributed by atoms with E-state index in [-0.39, 0.29) is 5.41 Å². The summed E-state index contributed by atoms with van der Waals surface area (Å²) in [6, 6.07) is 4.24. The van der Waals surface area contributed by atoms with E-state index in [4.69, 9.17) is 4.98 Å². The summed E-state index contributed by atoms with van der Waals surface area (Å²) in [7, 11) is 0. The lowest BCUT2D eigenvalue weighted by molar-refractivity contribution is 0.567. The molecule has 2 rings (SSSR count). The lowest BCUT2D eigenvalue weighted by Gasteiger charge is -2.18. The minimum absolute atomic E-state index is 0.0836. The largest absolute Gasteiger partial charge is 0.362 e. The number of aromatic nitrogens is 2. The van der Waals surface area contributed by atoms with Gasteiger partial charge in [0.2, 0.25) is 0 Å². The molecule has 0 aliphatic carbocycles. The number of pyridine rings is 1. The summed E-state index contributed by atoms with van der Waals surface area (Å²) >= 11 is 1.64. The molecule has 3 nitrogen and oxygen atoms in total. The standard InChI is InChI=1S/C15H21N3S/c1-6-16-14-18-12(9-19-14)11-7-8-13(15(3,4)5)17-10(11)2/h7-9H,6H2,1-5H3,(H,16,18). The van der Waals surface area contributed by atoms with Crippen LogP contribution in [0.1, 0.15) is 39.1 Å². The Labute approximate surface area is 119 Å². The Morgan fingerprint density at radius 3 is 2.53 bits per heavy atom. The van der Waals surface area contributed by atoms with Crippen molar-refractivity contribution in [2.45, 2.75) is 40.0 Å². The van der Waals surface area contributed by atoms with Crippen LogP contribution in [0.3, 0.4) is 0 Å². The van der Waals surface area contributed by atoms with Gasteiger partial charge in [-0.25, -0.2) is 4.98 Å². The average Bonchev–Trinajstić information content (AvgIpc) is 2.76. The molecule has 0 unspecified atom stereocenters. The lowest BCUT2D eigenvalue weighted by atomic mass is 9.91. The molecular weight excluding hydrogens is 254 g/mol. The number of aryl methyl sites for hydroxylation is 1. The lowest BCUT2D eigenvalue weighted by Crippen LogP contribution is -2.14. The molecular formula is C15H21N3S. The third-order valence-electron chi connectivity index (χ3n) is 2.96. The van der Waals surface area contributed by atoms with Crippen LogP contribution in [0.2, 0.25) is 0 Å². The molecule has 0 atom stereocenters. The van der Waals surface area contributed by atoms with Gasteiger partial charge in [0.05, 0.1) is 5.69 Å². The molecule has 4 heteroatoms. The fourth-order valence-corrected chi connectivity index (χ4v) is 2.66. The number of hydrogen-bond acceptors (Lipinski definition) is 4.